The Hall–Kier alpha value is -1.06. The van der Waals surface area contributed by atoms with Gasteiger partial charge in [0.1, 0.15) is 5.75 Å². The number of hydrogen-bond acceptors (Lipinski definition) is 3. The Labute approximate surface area is 128 Å². The zero-order chi connectivity index (χ0) is 15.0. The number of likely N-dealkylation sites (tertiary alicyclic amines) is 1. The summed E-state index contributed by atoms with van der Waals surface area (Å²) in [5.41, 5.74) is 8.94. The Morgan fingerprint density at radius 2 is 1.95 bits per heavy atom. The van der Waals surface area contributed by atoms with E-state index in [-0.39, 0.29) is 6.04 Å². The highest BCUT2D eigenvalue weighted by atomic mass is 16.5. The first-order chi connectivity index (χ1) is 10.1. The molecule has 1 fully saturated rings. The van der Waals surface area contributed by atoms with E-state index in [1.54, 1.807) is 0 Å². The number of piperidine rings is 1. The van der Waals surface area contributed by atoms with Gasteiger partial charge in [-0.3, -0.25) is 4.90 Å². The fourth-order valence-corrected chi connectivity index (χ4v) is 3.95. The molecule has 0 radical (unpaired) electrons. The third-order valence-electron chi connectivity index (χ3n) is 5.37. The molecule has 4 atom stereocenters. The van der Waals surface area contributed by atoms with Crippen molar-refractivity contribution in [2.75, 3.05) is 13.2 Å². The minimum atomic E-state index is 0.0926. The summed E-state index contributed by atoms with van der Waals surface area (Å²) < 4.78 is 6.04. The summed E-state index contributed by atoms with van der Waals surface area (Å²) >= 11 is 0. The molecule has 2 N–H and O–H groups in total. The van der Waals surface area contributed by atoms with Crippen LogP contribution >= 0.6 is 0 Å². The van der Waals surface area contributed by atoms with Crippen molar-refractivity contribution < 1.29 is 4.74 Å². The van der Waals surface area contributed by atoms with E-state index in [4.69, 9.17) is 10.5 Å². The fraction of sp³-hybridized carbons (Fsp3) is 0.667. The topological polar surface area (TPSA) is 38.5 Å². The van der Waals surface area contributed by atoms with E-state index in [0.29, 0.717) is 18.0 Å². The van der Waals surface area contributed by atoms with E-state index in [0.717, 1.165) is 18.9 Å². The maximum absolute atomic E-state index is 6.56. The molecule has 0 aromatic heterocycles. The zero-order valence-electron chi connectivity index (χ0n) is 13.5. The number of fused-ring (bicyclic) bond motifs is 1. The highest BCUT2D eigenvalue weighted by molar-refractivity contribution is 5.44. The number of nitrogens with two attached hydrogens (primary N) is 1. The standard InChI is InChI=1S/C18H28N2O/c1-12-6-4-9-16-17(19)15(11-21-18(12)16)10-20-13(2)7-5-8-14(20)3/h4,6,9,13-15,17H,5,7-8,10-11,19H2,1-3H3. The zero-order valence-corrected chi connectivity index (χ0v) is 13.5. The predicted molar refractivity (Wildman–Crippen MR) is 86.6 cm³/mol. The Bertz CT molecular complexity index is 492. The molecule has 3 nitrogen and oxygen atoms in total. The van der Waals surface area contributed by atoms with Crippen molar-refractivity contribution in [3.8, 4) is 5.75 Å². The molecule has 4 unspecified atom stereocenters. The van der Waals surface area contributed by atoms with Gasteiger partial charge in [0, 0.05) is 36.2 Å². The average Bonchev–Trinajstić information content (AvgIpc) is 2.46. The van der Waals surface area contributed by atoms with Crippen LogP contribution < -0.4 is 10.5 Å². The normalized spacial score (nSPS) is 33.3. The second-order valence-electron chi connectivity index (χ2n) is 6.92. The lowest BCUT2D eigenvalue weighted by atomic mass is 9.87. The van der Waals surface area contributed by atoms with Gasteiger partial charge in [0.25, 0.3) is 0 Å². The number of hydrogen-bond donors (Lipinski definition) is 1. The molecule has 3 rings (SSSR count). The first-order valence-corrected chi connectivity index (χ1v) is 8.31. The molecule has 0 aliphatic carbocycles. The number of nitrogens with zero attached hydrogens (tertiary/aromatic N) is 1. The Morgan fingerprint density at radius 3 is 2.67 bits per heavy atom. The molecule has 2 aliphatic heterocycles. The number of benzene rings is 1. The summed E-state index contributed by atoms with van der Waals surface area (Å²) in [5.74, 6) is 1.41. The average molecular weight is 288 g/mol. The number of ether oxygens (including phenoxy) is 1. The van der Waals surface area contributed by atoms with Crippen LogP contribution in [0.1, 0.15) is 50.3 Å². The molecule has 2 aliphatic rings. The van der Waals surface area contributed by atoms with Crippen LogP contribution in [0.4, 0.5) is 0 Å². The maximum Gasteiger partial charge on any atom is 0.126 e. The smallest absolute Gasteiger partial charge is 0.126 e. The van der Waals surface area contributed by atoms with Gasteiger partial charge in [0.05, 0.1) is 6.61 Å². The van der Waals surface area contributed by atoms with Crippen molar-refractivity contribution >= 4 is 0 Å². The number of rotatable bonds is 2. The van der Waals surface area contributed by atoms with E-state index < -0.39 is 0 Å². The molecule has 1 aromatic rings. The third-order valence-corrected chi connectivity index (χ3v) is 5.37. The first kappa shape index (κ1) is 14.9. The molecule has 0 spiro atoms. The van der Waals surface area contributed by atoms with E-state index in [1.807, 2.05) is 0 Å². The third kappa shape index (κ3) is 2.82. The van der Waals surface area contributed by atoms with Crippen LogP contribution in [0.5, 0.6) is 5.75 Å². The van der Waals surface area contributed by atoms with Gasteiger partial charge in [0.15, 0.2) is 0 Å². The highest BCUT2D eigenvalue weighted by Crippen LogP contribution is 2.37. The Morgan fingerprint density at radius 1 is 1.24 bits per heavy atom. The van der Waals surface area contributed by atoms with Crippen LogP contribution in [-0.4, -0.2) is 30.1 Å². The van der Waals surface area contributed by atoms with Crippen LogP contribution in [0.15, 0.2) is 18.2 Å². The lowest BCUT2D eigenvalue weighted by molar-refractivity contribution is 0.0577. The van der Waals surface area contributed by atoms with Crippen LogP contribution in [0, 0.1) is 12.8 Å². The van der Waals surface area contributed by atoms with Gasteiger partial charge in [-0.15, -0.1) is 0 Å². The maximum atomic E-state index is 6.56. The highest BCUT2D eigenvalue weighted by Gasteiger charge is 2.33. The monoisotopic (exact) mass is 288 g/mol. The lowest BCUT2D eigenvalue weighted by Gasteiger charge is -2.43. The van der Waals surface area contributed by atoms with E-state index in [2.05, 4.69) is 43.9 Å². The van der Waals surface area contributed by atoms with Crippen molar-refractivity contribution in [2.45, 2.75) is 58.2 Å². The molecule has 0 saturated carbocycles. The minimum absolute atomic E-state index is 0.0926. The molecule has 1 aromatic carbocycles. The van der Waals surface area contributed by atoms with Crippen LogP contribution in [0.25, 0.3) is 0 Å². The van der Waals surface area contributed by atoms with Gasteiger partial charge in [-0.2, -0.15) is 0 Å². The first-order valence-electron chi connectivity index (χ1n) is 8.31. The van der Waals surface area contributed by atoms with Gasteiger partial charge in [-0.1, -0.05) is 24.6 Å². The molecule has 0 amide bonds. The van der Waals surface area contributed by atoms with Gasteiger partial charge in [-0.05, 0) is 39.2 Å². The molecular weight excluding hydrogens is 260 g/mol. The molecule has 1 saturated heterocycles. The van der Waals surface area contributed by atoms with Gasteiger partial charge >= 0.3 is 0 Å². The molecule has 21 heavy (non-hydrogen) atoms. The van der Waals surface area contributed by atoms with Crippen molar-refractivity contribution in [1.29, 1.82) is 0 Å². The summed E-state index contributed by atoms with van der Waals surface area (Å²) in [6, 6.07) is 7.74. The second-order valence-corrected chi connectivity index (χ2v) is 6.92. The predicted octanol–water partition coefficient (Wildman–Crippen LogP) is 3.27. The van der Waals surface area contributed by atoms with Crippen LogP contribution in [0.3, 0.4) is 0 Å². The largest absolute Gasteiger partial charge is 0.493 e. The SMILES string of the molecule is Cc1cccc2c1OCC(CN1C(C)CCCC1C)C2N. The molecule has 0 bridgehead atoms. The molecule has 3 heteroatoms. The van der Waals surface area contributed by atoms with Gasteiger partial charge < -0.3 is 10.5 Å². The second kappa shape index (κ2) is 5.98. The van der Waals surface area contributed by atoms with Gasteiger partial charge in [0.2, 0.25) is 0 Å². The van der Waals surface area contributed by atoms with Crippen LogP contribution in [-0.2, 0) is 0 Å². The summed E-state index contributed by atoms with van der Waals surface area (Å²) in [5, 5.41) is 0. The minimum Gasteiger partial charge on any atom is -0.493 e. The molecular formula is C18H28N2O. The van der Waals surface area contributed by atoms with E-state index >= 15 is 0 Å². The Balaban J connectivity index is 1.76. The number of aryl methyl sites for hydroxylation is 1. The van der Waals surface area contributed by atoms with Crippen molar-refractivity contribution in [3.63, 3.8) is 0 Å². The van der Waals surface area contributed by atoms with Gasteiger partial charge in [-0.25, -0.2) is 0 Å². The summed E-state index contributed by atoms with van der Waals surface area (Å²) in [6.07, 6.45) is 3.97. The van der Waals surface area contributed by atoms with Crippen LogP contribution in [0.2, 0.25) is 0 Å². The fourth-order valence-electron chi connectivity index (χ4n) is 3.95. The number of para-hydroxylation sites is 1. The van der Waals surface area contributed by atoms with Crippen molar-refractivity contribution in [1.82, 2.24) is 4.90 Å². The lowest BCUT2D eigenvalue weighted by Crippen LogP contribution is -2.49. The Kier molecular flexibility index (Phi) is 4.23. The van der Waals surface area contributed by atoms with Crippen molar-refractivity contribution in [3.05, 3.63) is 29.3 Å². The van der Waals surface area contributed by atoms with E-state index in [1.165, 1.54) is 30.4 Å². The molecule has 2 heterocycles. The summed E-state index contributed by atoms with van der Waals surface area (Å²) in [4.78, 5) is 2.64. The quantitative estimate of drug-likeness (QED) is 0.907. The summed E-state index contributed by atoms with van der Waals surface area (Å²) in [6.45, 7) is 8.60. The molecule has 116 valence electrons. The van der Waals surface area contributed by atoms with E-state index in [9.17, 15) is 0 Å². The van der Waals surface area contributed by atoms with Crippen molar-refractivity contribution in [2.24, 2.45) is 11.7 Å². The summed E-state index contributed by atoms with van der Waals surface area (Å²) in [7, 11) is 0.